The van der Waals surface area contributed by atoms with Crippen LogP contribution in [0.5, 0.6) is 0 Å². The van der Waals surface area contributed by atoms with Gasteiger partial charge in [-0.25, -0.2) is 18.1 Å². The molecule has 3 N–H and O–H groups in total. The summed E-state index contributed by atoms with van der Waals surface area (Å²) in [6.07, 6.45) is 0. The van der Waals surface area contributed by atoms with Crippen molar-refractivity contribution in [2.24, 2.45) is 4.99 Å². The van der Waals surface area contributed by atoms with Gasteiger partial charge in [-0.05, 0) is 37.2 Å². The first-order valence-corrected chi connectivity index (χ1v) is 11.9. The summed E-state index contributed by atoms with van der Waals surface area (Å²) >= 11 is 1.80. The first-order chi connectivity index (χ1) is 13.5. The Morgan fingerprint density at radius 3 is 2.45 bits per heavy atom. The summed E-state index contributed by atoms with van der Waals surface area (Å²) in [6, 6.07) is 17.8. The highest BCUT2D eigenvalue weighted by molar-refractivity contribution is 14.0. The molecule has 0 aliphatic heterocycles. The van der Waals surface area contributed by atoms with Gasteiger partial charge in [0, 0.05) is 23.7 Å². The van der Waals surface area contributed by atoms with Crippen molar-refractivity contribution in [3.05, 3.63) is 65.7 Å². The average Bonchev–Trinajstić information content (AvgIpc) is 2.70. The zero-order valence-corrected chi connectivity index (χ0v) is 20.7. The average molecular weight is 549 g/mol. The molecule has 0 bridgehead atoms. The quantitative estimate of drug-likeness (QED) is 0.140. The number of guanidine groups is 1. The molecule has 2 rings (SSSR count). The smallest absolute Gasteiger partial charge is 0.215 e. The van der Waals surface area contributed by atoms with Crippen molar-refractivity contribution in [2.45, 2.75) is 24.1 Å². The van der Waals surface area contributed by atoms with Crippen molar-refractivity contribution in [3.63, 3.8) is 0 Å². The van der Waals surface area contributed by atoms with E-state index in [0.717, 1.165) is 35.9 Å². The molecular weight excluding hydrogens is 519 g/mol. The molecule has 0 aliphatic carbocycles. The molecular formula is C20H29IN4O2S2. The van der Waals surface area contributed by atoms with Crippen LogP contribution in [0.15, 0.2) is 64.5 Å². The molecule has 0 unspecified atom stereocenters. The van der Waals surface area contributed by atoms with Crippen molar-refractivity contribution in [1.82, 2.24) is 15.4 Å². The first kappa shape index (κ1) is 25.7. The normalized spacial score (nSPS) is 11.6. The van der Waals surface area contributed by atoms with E-state index in [2.05, 4.69) is 32.5 Å². The highest BCUT2D eigenvalue weighted by Crippen LogP contribution is 2.15. The van der Waals surface area contributed by atoms with E-state index in [1.807, 2.05) is 49.4 Å². The lowest BCUT2D eigenvalue weighted by atomic mass is 10.1. The number of halogens is 1. The van der Waals surface area contributed by atoms with E-state index in [4.69, 9.17) is 0 Å². The standard InChI is InChI=1S/C20H28N4O2S2.HI/c1-3-22-20(23-12-13-27-19-10-5-4-6-11-19)24-15-17-8-7-9-18(14-17)16-28(25,26)21-2;/h4-11,14,21H,3,12-13,15-16H2,1-2H3,(H2,22,23,24);1H. The highest BCUT2D eigenvalue weighted by Gasteiger charge is 2.08. The molecule has 0 spiro atoms. The Bertz CT molecular complexity index is 862. The molecule has 6 nitrogen and oxygen atoms in total. The van der Waals surface area contributed by atoms with Crippen molar-refractivity contribution in [1.29, 1.82) is 0 Å². The second-order valence-corrected chi connectivity index (χ2v) is 9.16. The number of sulfonamides is 1. The van der Waals surface area contributed by atoms with Crippen LogP contribution in [0.25, 0.3) is 0 Å². The molecule has 0 radical (unpaired) electrons. The molecule has 0 saturated carbocycles. The summed E-state index contributed by atoms with van der Waals surface area (Å²) in [4.78, 5) is 5.86. The Morgan fingerprint density at radius 2 is 1.76 bits per heavy atom. The number of benzene rings is 2. The van der Waals surface area contributed by atoms with Crippen LogP contribution in [0.1, 0.15) is 18.1 Å². The lowest BCUT2D eigenvalue weighted by Gasteiger charge is -2.11. The monoisotopic (exact) mass is 548 g/mol. The maximum Gasteiger partial charge on any atom is 0.215 e. The Hall–Kier alpha value is -1.30. The summed E-state index contributed by atoms with van der Waals surface area (Å²) in [5, 5.41) is 6.57. The van der Waals surface area contributed by atoms with Crippen LogP contribution in [0.2, 0.25) is 0 Å². The molecule has 29 heavy (non-hydrogen) atoms. The maximum atomic E-state index is 11.7. The molecule has 2 aromatic rings. The third-order valence-electron chi connectivity index (χ3n) is 3.83. The largest absolute Gasteiger partial charge is 0.357 e. The molecule has 0 amide bonds. The van der Waals surface area contributed by atoms with E-state index < -0.39 is 10.0 Å². The van der Waals surface area contributed by atoms with Gasteiger partial charge in [-0.3, -0.25) is 0 Å². The summed E-state index contributed by atoms with van der Waals surface area (Å²) in [7, 11) is -1.86. The second-order valence-electron chi connectivity index (χ2n) is 6.07. The van der Waals surface area contributed by atoms with Crippen molar-refractivity contribution in [2.75, 3.05) is 25.9 Å². The minimum Gasteiger partial charge on any atom is -0.357 e. The minimum absolute atomic E-state index is 0. The van der Waals surface area contributed by atoms with Crippen molar-refractivity contribution < 1.29 is 8.42 Å². The van der Waals surface area contributed by atoms with E-state index in [9.17, 15) is 8.42 Å². The third-order valence-corrected chi connectivity index (χ3v) is 6.18. The van der Waals surface area contributed by atoms with Crippen LogP contribution in [0.4, 0.5) is 0 Å². The van der Waals surface area contributed by atoms with Crippen molar-refractivity contribution >= 4 is 51.7 Å². The van der Waals surface area contributed by atoms with Crippen LogP contribution in [-0.4, -0.2) is 40.3 Å². The van der Waals surface area contributed by atoms with Crippen LogP contribution in [0, 0.1) is 0 Å². The van der Waals surface area contributed by atoms with E-state index in [0.29, 0.717) is 6.54 Å². The van der Waals surface area contributed by atoms with Crippen LogP contribution < -0.4 is 15.4 Å². The molecule has 9 heteroatoms. The van der Waals surface area contributed by atoms with Crippen LogP contribution >= 0.6 is 35.7 Å². The topological polar surface area (TPSA) is 82.6 Å². The summed E-state index contributed by atoms with van der Waals surface area (Å²) < 4.78 is 25.8. The number of nitrogens with zero attached hydrogens (tertiary/aromatic N) is 1. The first-order valence-electron chi connectivity index (χ1n) is 9.21. The van der Waals surface area contributed by atoms with Gasteiger partial charge in [0.05, 0.1) is 12.3 Å². The molecule has 0 saturated heterocycles. The molecule has 160 valence electrons. The molecule has 0 atom stereocenters. The third kappa shape index (κ3) is 10.3. The van der Waals surface area contributed by atoms with Gasteiger partial charge in [-0.1, -0.05) is 42.5 Å². The van der Waals surface area contributed by atoms with Gasteiger partial charge in [0.2, 0.25) is 10.0 Å². The van der Waals surface area contributed by atoms with E-state index in [1.165, 1.54) is 11.9 Å². The van der Waals surface area contributed by atoms with Gasteiger partial charge in [0.25, 0.3) is 0 Å². The van der Waals surface area contributed by atoms with Gasteiger partial charge < -0.3 is 10.6 Å². The Morgan fingerprint density at radius 1 is 1.03 bits per heavy atom. The number of hydrogen-bond donors (Lipinski definition) is 3. The lowest BCUT2D eigenvalue weighted by Crippen LogP contribution is -2.38. The predicted molar refractivity (Wildman–Crippen MR) is 134 cm³/mol. The van der Waals surface area contributed by atoms with Gasteiger partial charge >= 0.3 is 0 Å². The number of hydrogen-bond acceptors (Lipinski definition) is 4. The summed E-state index contributed by atoms with van der Waals surface area (Å²) in [6.45, 7) is 4.08. The van der Waals surface area contributed by atoms with Gasteiger partial charge in [0.1, 0.15) is 0 Å². The van der Waals surface area contributed by atoms with Gasteiger partial charge in [-0.15, -0.1) is 35.7 Å². The van der Waals surface area contributed by atoms with E-state index in [-0.39, 0.29) is 29.7 Å². The predicted octanol–water partition coefficient (Wildman–Crippen LogP) is 3.20. The molecule has 0 aromatic heterocycles. The van der Waals surface area contributed by atoms with E-state index >= 15 is 0 Å². The van der Waals surface area contributed by atoms with Gasteiger partial charge in [-0.2, -0.15) is 0 Å². The molecule has 2 aromatic carbocycles. The number of nitrogens with one attached hydrogen (secondary N) is 3. The molecule has 0 aliphatic rings. The number of thioether (sulfide) groups is 1. The maximum absolute atomic E-state index is 11.7. The number of aliphatic imine (C=N–C) groups is 1. The fourth-order valence-electron chi connectivity index (χ4n) is 2.48. The highest BCUT2D eigenvalue weighted by atomic mass is 127. The minimum atomic E-state index is -3.28. The fraction of sp³-hybridized carbons (Fsp3) is 0.350. The Labute approximate surface area is 195 Å². The van der Waals surface area contributed by atoms with Crippen LogP contribution in [0.3, 0.4) is 0 Å². The van der Waals surface area contributed by atoms with Gasteiger partial charge in [0.15, 0.2) is 5.96 Å². The van der Waals surface area contributed by atoms with Crippen molar-refractivity contribution in [3.8, 4) is 0 Å². The lowest BCUT2D eigenvalue weighted by molar-refractivity contribution is 0.587. The van der Waals surface area contributed by atoms with Crippen LogP contribution in [-0.2, 0) is 22.3 Å². The number of rotatable bonds is 10. The zero-order chi connectivity index (χ0) is 20.2. The zero-order valence-electron chi connectivity index (χ0n) is 16.7. The fourth-order valence-corrected chi connectivity index (χ4v) is 4.03. The second kappa shape index (κ2) is 13.8. The molecule has 0 fully saturated rings. The Balaban J connectivity index is 0.00000420. The summed E-state index contributed by atoms with van der Waals surface area (Å²) in [5.74, 6) is 1.66. The summed E-state index contributed by atoms with van der Waals surface area (Å²) in [5.41, 5.74) is 1.72. The van der Waals surface area contributed by atoms with E-state index in [1.54, 1.807) is 11.8 Å². The SMILES string of the molecule is CCNC(=NCc1cccc(CS(=O)(=O)NC)c1)NCCSc1ccccc1.I. The molecule has 0 heterocycles. The Kier molecular flexibility index (Phi) is 12.3.